The second kappa shape index (κ2) is 4.94. The summed E-state index contributed by atoms with van der Waals surface area (Å²) in [7, 11) is 1.94. The van der Waals surface area contributed by atoms with E-state index in [4.69, 9.17) is 4.74 Å². The third-order valence-corrected chi connectivity index (χ3v) is 3.38. The predicted molar refractivity (Wildman–Crippen MR) is 57.6 cm³/mol. The molecule has 0 aromatic heterocycles. The average molecular weight is 212 g/mol. The van der Waals surface area contributed by atoms with Crippen LogP contribution < -0.4 is 5.32 Å². The van der Waals surface area contributed by atoms with Crippen LogP contribution in [0.25, 0.3) is 0 Å². The predicted octanol–water partition coefficient (Wildman–Crippen LogP) is 0.233. The molecule has 15 heavy (non-hydrogen) atoms. The molecular weight excluding hydrogens is 192 g/mol. The van der Waals surface area contributed by atoms with Gasteiger partial charge in [0.1, 0.15) is 0 Å². The maximum atomic E-state index is 12.1. The first-order valence-electron chi connectivity index (χ1n) is 5.85. The Kier molecular flexibility index (Phi) is 3.59. The van der Waals surface area contributed by atoms with E-state index < -0.39 is 0 Å². The van der Waals surface area contributed by atoms with Crippen LogP contribution >= 0.6 is 0 Å². The number of hydrogen-bond acceptors (Lipinski definition) is 3. The number of hydrogen-bond donors (Lipinski definition) is 1. The van der Waals surface area contributed by atoms with Gasteiger partial charge in [-0.1, -0.05) is 0 Å². The van der Waals surface area contributed by atoms with E-state index in [-0.39, 0.29) is 5.92 Å². The number of ether oxygens (including phenoxy) is 1. The van der Waals surface area contributed by atoms with Crippen molar-refractivity contribution in [1.29, 1.82) is 0 Å². The highest BCUT2D eigenvalue weighted by Crippen LogP contribution is 2.23. The minimum Gasteiger partial charge on any atom is -0.381 e. The van der Waals surface area contributed by atoms with Crippen molar-refractivity contribution in [1.82, 2.24) is 10.2 Å². The van der Waals surface area contributed by atoms with Crippen molar-refractivity contribution in [2.24, 2.45) is 5.92 Å². The zero-order chi connectivity index (χ0) is 10.7. The van der Waals surface area contributed by atoms with Crippen LogP contribution in [0.1, 0.15) is 19.3 Å². The first-order valence-corrected chi connectivity index (χ1v) is 5.85. The highest BCUT2D eigenvalue weighted by Gasteiger charge is 2.35. The normalized spacial score (nSPS) is 31.1. The Labute approximate surface area is 91.0 Å². The molecule has 2 fully saturated rings. The standard InChI is InChI=1S/C11H20N2O2/c1-12-7-10-4-5-13(10)11(14)9-3-2-6-15-8-9/h9-10,12H,2-8H2,1H3. The lowest BCUT2D eigenvalue weighted by Gasteiger charge is -2.43. The molecule has 4 nitrogen and oxygen atoms in total. The SMILES string of the molecule is CNCC1CCN1C(=O)C1CCCOC1. The number of likely N-dealkylation sites (tertiary alicyclic amines) is 1. The second-order valence-corrected chi connectivity index (χ2v) is 4.45. The summed E-state index contributed by atoms with van der Waals surface area (Å²) in [6, 6.07) is 0.421. The summed E-state index contributed by atoms with van der Waals surface area (Å²) in [4.78, 5) is 14.1. The fourth-order valence-electron chi connectivity index (χ4n) is 2.35. The minimum atomic E-state index is 0.124. The van der Waals surface area contributed by atoms with Gasteiger partial charge in [0.2, 0.25) is 5.91 Å². The molecule has 2 saturated heterocycles. The van der Waals surface area contributed by atoms with Crippen molar-refractivity contribution in [2.75, 3.05) is 33.4 Å². The number of nitrogens with zero attached hydrogens (tertiary/aromatic N) is 1. The Bertz CT molecular complexity index is 227. The van der Waals surface area contributed by atoms with Gasteiger partial charge in [-0.25, -0.2) is 0 Å². The topological polar surface area (TPSA) is 41.6 Å². The maximum absolute atomic E-state index is 12.1. The summed E-state index contributed by atoms with van der Waals surface area (Å²) in [5.41, 5.74) is 0. The first-order chi connectivity index (χ1) is 7.33. The van der Waals surface area contributed by atoms with Crippen LogP contribution in [0.5, 0.6) is 0 Å². The molecule has 0 saturated carbocycles. The summed E-state index contributed by atoms with van der Waals surface area (Å²) in [5.74, 6) is 0.430. The van der Waals surface area contributed by atoms with Gasteiger partial charge in [0.25, 0.3) is 0 Å². The van der Waals surface area contributed by atoms with Crippen molar-refractivity contribution >= 4 is 5.91 Å². The van der Waals surface area contributed by atoms with E-state index in [0.717, 1.165) is 39.0 Å². The maximum Gasteiger partial charge on any atom is 0.228 e. The molecule has 0 aromatic rings. The van der Waals surface area contributed by atoms with E-state index in [9.17, 15) is 4.79 Å². The van der Waals surface area contributed by atoms with Crippen molar-refractivity contribution < 1.29 is 9.53 Å². The summed E-state index contributed by atoms with van der Waals surface area (Å²) in [6.07, 6.45) is 3.17. The van der Waals surface area contributed by atoms with Crippen molar-refractivity contribution in [3.05, 3.63) is 0 Å². The van der Waals surface area contributed by atoms with E-state index in [1.807, 2.05) is 11.9 Å². The number of nitrogens with one attached hydrogen (secondary N) is 1. The van der Waals surface area contributed by atoms with Crippen molar-refractivity contribution in [3.63, 3.8) is 0 Å². The molecule has 2 atom stereocenters. The fourth-order valence-corrected chi connectivity index (χ4v) is 2.35. The van der Waals surface area contributed by atoms with Gasteiger partial charge in [-0.05, 0) is 26.3 Å². The molecule has 2 heterocycles. The highest BCUT2D eigenvalue weighted by molar-refractivity contribution is 5.80. The first kappa shape index (κ1) is 10.9. The van der Waals surface area contributed by atoms with Gasteiger partial charge < -0.3 is 15.0 Å². The average Bonchev–Trinajstić information content (AvgIpc) is 2.25. The van der Waals surface area contributed by atoms with Crippen LogP contribution in [-0.4, -0.2) is 50.2 Å². The molecule has 4 heteroatoms. The summed E-state index contributed by atoms with van der Waals surface area (Å²) in [6.45, 7) is 3.30. The number of carbonyl (C=O) groups is 1. The van der Waals surface area contributed by atoms with Crippen LogP contribution in [-0.2, 0) is 9.53 Å². The third kappa shape index (κ3) is 2.32. The Morgan fingerprint density at radius 1 is 1.53 bits per heavy atom. The van der Waals surface area contributed by atoms with Crippen LogP contribution in [0, 0.1) is 5.92 Å². The Morgan fingerprint density at radius 2 is 2.40 bits per heavy atom. The lowest BCUT2D eigenvalue weighted by atomic mass is 9.95. The van der Waals surface area contributed by atoms with Gasteiger partial charge in [-0.3, -0.25) is 4.79 Å². The molecule has 0 spiro atoms. The number of rotatable bonds is 3. The molecule has 0 aromatic carbocycles. The van der Waals surface area contributed by atoms with Gasteiger partial charge in [0.15, 0.2) is 0 Å². The summed E-state index contributed by atoms with van der Waals surface area (Å²) >= 11 is 0. The molecule has 1 amide bonds. The monoisotopic (exact) mass is 212 g/mol. The molecule has 0 bridgehead atoms. The molecule has 1 N–H and O–H groups in total. The molecule has 2 aliphatic heterocycles. The lowest BCUT2D eigenvalue weighted by molar-refractivity contribution is -0.147. The van der Waals surface area contributed by atoms with E-state index in [0.29, 0.717) is 18.6 Å². The van der Waals surface area contributed by atoms with E-state index in [1.165, 1.54) is 0 Å². The minimum absolute atomic E-state index is 0.124. The third-order valence-electron chi connectivity index (χ3n) is 3.38. The van der Waals surface area contributed by atoms with Gasteiger partial charge in [-0.2, -0.15) is 0 Å². The highest BCUT2D eigenvalue weighted by atomic mass is 16.5. The van der Waals surface area contributed by atoms with Gasteiger partial charge in [-0.15, -0.1) is 0 Å². The Hall–Kier alpha value is -0.610. The molecule has 2 rings (SSSR count). The van der Waals surface area contributed by atoms with E-state index in [2.05, 4.69) is 5.32 Å². The smallest absolute Gasteiger partial charge is 0.228 e. The summed E-state index contributed by atoms with van der Waals surface area (Å²) < 4.78 is 5.35. The molecule has 2 aliphatic rings. The van der Waals surface area contributed by atoms with Crippen LogP contribution in [0.3, 0.4) is 0 Å². The molecular formula is C11H20N2O2. The quantitative estimate of drug-likeness (QED) is 0.728. The second-order valence-electron chi connectivity index (χ2n) is 4.45. The van der Waals surface area contributed by atoms with Gasteiger partial charge in [0.05, 0.1) is 12.5 Å². The lowest BCUT2D eigenvalue weighted by Crippen LogP contribution is -2.57. The zero-order valence-corrected chi connectivity index (χ0v) is 9.37. The summed E-state index contributed by atoms with van der Waals surface area (Å²) in [5, 5.41) is 3.13. The fraction of sp³-hybridized carbons (Fsp3) is 0.909. The van der Waals surface area contributed by atoms with Gasteiger partial charge >= 0.3 is 0 Å². The van der Waals surface area contributed by atoms with Crippen LogP contribution in [0.2, 0.25) is 0 Å². The van der Waals surface area contributed by atoms with Crippen molar-refractivity contribution in [2.45, 2.75) is 25.3 Å². The zero-order valence-electron chi connectivity index (χ0n) is 9.37. The van der Waals surface area contributed by atoms with Crippen LogP contribution in [0.15, 0.2) is 0 Å². The number of likely N-dealkylation sites (N-methyl/N-ethyl adjacent to an activating group) is 1. The van der Waals surface area contributed by atoms with Crippen LogP contribution in [0.4, 0.5) is 0 Å². The largest absolute Gasteiger partial charge is 0.381 e. The van der Waals surface area contributed by atoms with Crippen molar-refractivity contribution in [3.8, 4) is 0 Å². The molecule has 0 radical (unpaired) electrons. The van der Waals surface area contributed by atoms with E-state index in [1.54, 1.807) is 0 Å². The molecule has 2 unspecified atom stereocenters. The van der Waals surface area contributed by atoms with Gasteiger partial charge in [0, 0.05) is 25.7 Å². The number of amides is 1. The Morgan fingerprint density at radius 3 is 2.93 bits per heavy atom. The Balaban J connectivity index is 1.84. The van der Waals surface area contributed by atoms with E-state index >= 15 is 0 Å². The number of carbonyl (C=O) groups excluding carboxylic acids is 1. The molecule has 86 valence electrons. The molecule has 0 aliphatic carbocycles.